The summed E-state index contributed by atoms with van der Waals surface area (Å²) >= 11 is 0. The Kier molecular flexibility index (Phi) is 7.62. The summed E-state index contributed by atoms with van der Waals surface area (Å²) in [7, 11) is 3.64. The summed E-state index contributed by atoms with van der Waals surface area (Å²) < 4.78 is 25.5. The van der Waals surface area contributed by atoms with Crippen LogP contribution in [-0.2, 0) is 27.2 Å². The van der Waals surface area contributed by atoms with E-state index >= 15 is 0 Å². The van der Waals surface area contributed by atoms with Crippen LogP contribution in [0.4, 0.5) is 26.5 Å². The molecule has 3 amide bonds. The third kappa shape index (κ3) is 5.93. The average molecular weight is 542 g/mol. The van der Waals surface area contributed by atoms with E-state index in [0.29, 0.717) is 43.7 Å². The van der Waals surface area contributed by atoms with Crippen molar-refractivity contribution in [3.05, 3.63) is 35.3 Å². The lowest BCUT2D eigenvalue weighted by atomic mass is 10.1. The lowest BCUT2D eigenvalue weighted by Crippen LogP contribution is -2.37. The molecule has 3 atom stereocenters. The Morgan fingerprint density at radius 1 is 1.31 bits per heavy atom. The second kappa shape index (κ2) is 11.1. The lowest BCUT2D eigenvalue weighted by Gasteiger charge is -2.19. The van der Waals surface area contributed by atoms with Gasteiger partial charge in [0.2, 0.25) is 5.91 Å². The van der Waals surface area contributed by atoms with Crippen molar-refractivity contribution in [2.75, 3.05) is 55.9 Å². The number of likely N-dealkylation sites (N-methyl/N-ethyl adjacent to an activating group) is 1. The van der Waals surface area contributed by atoms with Crippen LogP contribution in [0.2, 0.25) is 0 Å². The van der Waals surface area contributed by atoms with Crippen molar-refractivity contribution in [1.29, 1.82) is 0 Å². The molecule has 1 aliphatic carbocycles. The Morgan fingerprint density at radius 2 is 2.13 bits per heavy atom. The van der Waals surface area contributed by atoms with Gasteiger partial charge in [-0.2, -0.15) is 0 Å². The van der Waals surface area contributed by atoms with E-state index in [2.05, 4.69) is 25.9 Å². The van der Waals surface area contributed by atoms with Crippen molar-refractivity contribution >= 4 is 35.2 Å². The highest BCUT2D eigenvalue weighted by atomic mass is 19.1. The van der Waals surface area contributed by atoms with E-state index in [0.717, 1.165) is 12.0 Å². The molecule has 12 nitrogen and oxygen atoms in total. The van der Waals surface area contributed by atoms with E-state index < -0.39 is 6.09 Å². The molecule has 39 heavy (non-hydrogen) atoms. The van der Waals surface area contributed by atoms with Crippen LogP contribution in [0, 0.1) is 11.7 Å². The van der Waals surface area contributed by atoms with Gasteiger partial charge in [0, 0.05) is 5.69 Å². The van der Waals surface area contributed by atoms with Crippen LogP contribution >= 0.6 is 0 Å². The van der Waals surface area contributed by atoms with Crippen LogP contribution in [0.1, 0.15) is 24.5 Å². The molecule has 1 saturated heterocycles. The van der Waals surface area contributed by atoms with Gasteiger partial charge in [-0.15, -0.1) is 0 Å². The number of hydrogen-bond donors (Lipinski definition) is 3. The Morgan fingerprint density at radius 3 is 2.92 bits per heavy atom. The van der Waals surface area contributed by atoms with Gasteiger partial charge in [0.1, 0.15) is 11.9 Å². The molecule has 1 aromatic carbocycles. The standard InChI is InChI=1S/C26H32FN7O5/c1-14(33(2)3)24(36)30-17-8-16-6-15(7-19(16)20(27)9-17)10-28-5-4-18-12-34(26(37)39-18)21-11-29-25-23(31-21)32-22(35)13-38-25/h8-9,11,14-15,18,28H,4-7,10,12-13H2,1-3H3,(H,30,36)(H,31,32,35)/t14-,15?,18?/m0/s1. The zero-order chi connectivity index (χ0) is 27.7. The SMILES string of the molecule is C[C@@H](C(=O)Nc1cc(F)c2c(c1)CC(CNCCC1CN(c3cnc4c(n3)NC(=O)CO4)C(=O)O1)C2)N(C)C. The van der Waals surface area contributed by atoms with Crippen LogP contribution in [0.5, 0.6) is 5.88 Å². The molecule has 3 N–H and O–H groups in total. The molecular formula is C26H32FN7O5. The highest BCUT2D eigenvalue weighted by Gasteiger charge is 2.34. The zero-order valence-electron chi connectivity index (χ0n) is 22.1. The lowest BCUT2D eigenvalue weighted by molar-refractivity contribution is -0.120. The minimum Gasteiger partial charge on any atom is -0.465 e. The number of rotatable bonds is 9. The molecule has 208 valence electrons. The number of hydrogen-bond acceptors (Lipinski definition) is 9. The van der Waals surface area contributed by atoms with Crippen molar-refractivity contribution in [1.82, 2.24) is 20.2 Å². The van der Waals surface area contributed by atoms with E-state index in [1.165, 1.54) is 17.2 Å². The van der Waals surface area contributed by atoms with Gasteiger partial charge in [-0.3, -0.25) is 19.4 Å². The van der Waals surface area contributed by atoms with Crippen LogP contribution in [0.15, 0.2) is 18.3 Å². The fourth-order valence-corrected chi connectivity index (χ4v) is 4.89. The molecular weight excluding hydrogens is 509 g/mol. The van der Waals surface area contributed by atoms with Crippen molar-refractivity contribution in [3.8, 4) is 5.88 Å². The number of carbonyl (C=O) groups is 3. The van der Waals surface area contributed by atoms with Crippen molar-refractivity contribution in [2.45, 2.75) is 38.3 Å². The number of carbonyl (C=O) groups excluding carboxylic acids is 3. The summed E-state index contributed by atoms with van der Waals surface area (Å²) in [6.45, 7) is 3.28. The van der Waals surface area contributed by atoms with E-state index in [9.17, 15) is 18.8 Å². The highest BCUT2D eigenvalue weighted by molar-refractivity contribution is 5.95. The predicted molar refractivity (Wildman–Crippen MR) is 140 cm³/mol. The Bertz CT molecular complexity index is 1290. The third-order valence-corrected chi connectivity index (χ3v) is 7.26. The van der Waals surface area contributed by atoms with Gasteiger partial charge in [-0.05, 0) is 82.5 Å². The maximum absolute atomic E-state index is 14.8. The van der Waals surface area contributed by atoms with Gasteiger partial charge in [-0.25, -0.2) is 19.2 Å². The quantitative estimate of drug-likeness (QED) is 0.404. The topological polar surface area (TPSA) is 138 Å². The first-order valence-corrected chi connectivity index (χ1v) is 12.9. The minimum absolute atomic E-state index is 0.126. The normalized spacial score (nSPS) is 20.7. The van der Waals surface area contributed by atoms with Gasteiger partial charge in [0.05, 0.1) is 18.8 Å². The number of nitrogens with zero attached hydrogens (tertiary/aromatic N) is 4. The monoisotopic (exact) mass is 541 g/mol. The predicted octanol–water partition coefficient (Wildman–Crippen LogP) is 1.56. The number of amides is 3. The summed E-state index contributed by atoms with van der Waals surface area (Å²) in [5, 5.41) is 8.79. The Balaban J connectivity index is 1.08. The van der Waals surface area contributed by atoms with Crippen LogP contribution in [0.25, 0.3) is 0 Å². The number of fused-ring (bicyclic) bond motifs is 2. The summed E-state index contributed by atoms with van der Waals surface area (Å²) in [5.74, 6) is 0.0773. The van der Waals surface area contributed by atoms with Crippen LogP contribution in [0.3, 0.4) is 0 Å². The fourth-order valence-electron chi connectivity index (χ4n) is 4.89. The molecule has 0 spiro atoms. The van der Waals surface area contributed by atoms with E-state index in [1.807, 2.05) is 20.2 Å². The van der Waals surface area contributed by atoms with Gasteiger partial charge in [0.25, 0.3) is 11.8 Å². The second-order valence-corrected chi connectivity index (χ2v) is 10.3. The third-order valence-electron chi connectivity index (χ3n) is 7.26. The molecule has 1 fully saturated rings. The summed E-state index contributed by atoms with van der Waals surface area (Å²) in [4.78, 5) is 47.9. The smallest absolute Gasteiger partial charge is 0.415 e. The molecule has 2 unspecified atom stereocenters. The number of halogens is 1. The fraction of sp³-hybridized carbons (Fsp3) is 0.500. The number of aromatic nitrogens is 2. The first-order chi connectivity index (χ1) is 18.7. The molecule has 0 radical (unpaired) electrons. The molecule has 13 heteroatoms. The van der Waals surface area contributed by atoms with Crippen molar-refractivity contribution in [2.24, 2.45) is 5.92 Å². The van der Waals surface area contributed by atoms with Crippen LogP contribution < -0.4 is 25.6 Å². The zero-order valence-corrected chi connectivity index (χ0v) is 22.1. The largest absolute Gasteiger partial charge is 0.465 e. The molecule has 3 heterocycles. The average Bonchev–Trinajstić information content (AvgIpc) is 3.48. The molecule has 5 rings (SSSR count). The Hall–Kier alpha value is -3.84. The highest BCUT2D eigenvalue weighted by Crippen LogP contribution is 2.32. The van der Waals surface area contributed by atoms with Crippen molar-refractivity contribution in [3.63, 3.8) is 0 Å². The van der Waals surface area contributed by atoms with Gasteiger partial charge >= 0.3 is 6.09 Å². The first-order valence-electron chi connectivity index (χ1n) is 12.9. The van der Waals surface area contributed by atoms with Crippen molar-refractivity contribution < 1.29 is 28.2 Å². The number of benzene rings is 1. The van der Waals surface area contributed by atoms with Gasteiger partial charge in [-0.1, -0.05) is 0 Å². The maximum Gasteiger partial charge on any atom is 0.415 e. The summed E-state index contributed by atoms with van der Waals surface area (Å²) in [6, 6.07) is 2.93. The maximum atomic E-state index is 14.8. The number of nitrogens with one attached hydrogen (secondary N) is 3. The summed E-state index contributed by atoms with van der Waals surface area (Å²) in [5.41, 5.74) is 2.10. The molecule has 2 aromatic rings. The summed E-state index contributed by atoms with van der Waals surface area (Å²) in [6.07, 6.45) is 2.49. The van der Waals surface area contributed by atoms with E-state index in [-0.39, 0.29) is 59.8 Å². The number of cyclic esters (lactones) is 1. The van der Waals surface area contributed by atoms with E-state index in [1.54, 1.807) is 11.8 Å². The second-order valence-electron chi connectivity index (χ2n) is 10.3. The Labute approximate surface area is 225 Å². The molecule has 0 bridgehead atoms. The minimum atomic E-state index is -0.526. The first kappa shape index (κ1) is 26.8. The van der Waals surface area contributed by atoms with Gasteiger partial charge < -0.3 is 25.4 Å². The number of ether oxygens (including phenoxy) is 2. The number of anilines is 3. The van der Waals surface area contributed by atoms with Gasteiger partial charge in [0.15, 0.2) is 18.2 Å². The molecule has 1 aromatic heterocycles. The van der Waals surface area contributed by atoms with E-state index in [4.69, 9.17) is 9.47 Å². The molecule has 2 aliphatic heterocycles. The molecule has 3 aliphatic rings. The molecule has 0 saturated carbocycles. The van der Waals surface area contributed by atoms with Crippen LogP contribution in [-0.4, -0.2) is 85.3 Å².